The third kappa shape index (κ3) is 6.09. The lowest BCUT2D eigenvalue weighted by molar-refractivity contribution is 0.984. The molecule has 0 aliphatic heterocycles. The lowest BCUT2D eigenvalue weighted by Crippen LogP contribution is -1.92. The Morgan fingerprint density at radius 1 is 1.38 bits per heavy atom. The molecule has 0 unspecified atom stereocenters. The largest absolute Gasteiger partial charge is 0.369 e. The fourth-order valence-corrected chi connectivity index (χ4v) is 0.954. The molecule has 0 aliphatic rings. The van der Waals surface area contributed by atoms with Gasteiger partial charge in [0.05, 0.1) is 0 Å². The predicted octanol–water partition coefficient (Wildman–Crippen LogP) is 2.08. The average molecular weight is 124 g/mol. The van der Waals surface area contributed by atoms with Gasteiger partial charge in [-0.15, -0.1) is 5.92 Å². The van der Waals surface area contributed by atoms with Crippen LogP contribution in [0.3, 0.4) is 0 Å². The Bertz CT molecular complexity index is 94.7. The molecule has 0 aliphatic carbocycles. The zero-order valence-corrected chi connectivity index (χ0v) is 7.15. The average Bonchev–Trinajstić information content (AvgIpc) is 1.66. The van der Waals surface area contributed by atoms with E-state index in [0.29, 0.717) is 0 Å². The van der Waals surface area contributed by atoms with Crippen LogP contribution in [0.4, 0.5) is 0 Å². The number of unbranched alkanes of at least 4 members (excludes halogenated alkanes) is 1. The Morgan fingerprint density at radius 2 is 2.00 bits per heavy atom. The Morgan fingerprint density at radius 3 is 2.38 bits per heavy atom. The van der Waals surface area contributed by atoms with Gasteiger partial charge in [0, 0.05) is 6.42 Å². The van der Waals surface area contributed by atoms with E-state index in [1.165, 1.54) is 6.42 Å². The van der Waals surface area contributed by atoms with E-state index in [2.05, 4.69) is 29.2 Å². The minimum Gasteiger partial charge on any atom is -0.205 e. The van der Waals surface area contributed by atoms with Crippen LogP contribution in [0.5, 0.6) is 0 Å². The Labute approximate surface area is 56.7 Å². The molecule has 0 aromatic heterocycles. The highest BCUT2D eigenvalue weighted by Gasteiger charge is 1.91. The lowest BCUT2D eigenvalue weighted by atomic mass is 10.4. The summed E-state index contributed by atoms with van der Waals surface area (Å²) in [6, 6.07) is 0. The molecule has 0 saturated carbocycles. The van der Waals surface area contributed by atoms with E-state index < -0.39 is 14.1 Å². The normalized spacial score (nSPS) is 7.38. The first-order chi connectivity index (χ1) is 3.77. The van der Waals surface area contributed by atoms with Crippen molar-refractivity contribution in [3.05, 3.63) is 0 Å². The van der Waals surface area contributed by atoms with Crippen LogP contribution in [0.25, 0.3) is 0 Å². The lowest BCUT2D eigenvalue weighted by Gasteiger charge is -1.79. The second-order valence-corrected chi connectivity index (χ2v) is 4.82. The molecular weight excluding hydrogens is 111 g/mol. The maximum absolute atomic E-state index is 3.24. The van der Waals surface area contributed by atoms with Gasteiger partial charge in [-0.2, -0.15) is 0 Å². The summed E-state index contributed by atoms with van der Waals surface area (Å²) in [6.07, 6.45) is 2.29. The zero-order chi connectivity index (χ0) is 6.41. The maximum atomic E-state index is 3.24. The molecule has 0 nitrogen and oxygen atoms in total. The summed E-state index contributed by atoms with van der Waals surface area (Å²) < 4.78 is 0. The third-order valence-electron chi connectivity index (χ3n) is 0.766. The van der Waals surface area contributed by atoms with Crippen molar-refractivity contribution in [1.29, 1.82) is 0 Å². The third-order valence-corrected chi connectivity index (χ3v) is 1.55. The SMILES string of the molecule is CCCC#[C][Al]([CH3])[CH3]. The summed E-state index contributed by atoms with van der Waals surface area (Å²) in [5.41, 5.74) is 0. The molecule has 1 heteroatoms. The molecule has 0 aromatic rings. The van der Waals surface area contributed by atoms with E-state index in [0.717, 1.165) is 6.42 Å². The van der Waals surface area contributed by atoms with Gasteiger partial charge in [-0.3, -0.25) is 0 Å². The topological polar surface area (TPSA) is 0 Å². The summed E-state index contributed by atoms with van der Waals surface area (Å²) in [5.74, 6) is 7.65. The molecule has 0 fully saturated rings. The zero-order valence-electron chi connectivity index (χ0n) is 5.99. The molecule has 0 spiro atoms. The number of hydrogen-bond donors (Lipinski definition) is 0. The monoisotopic (exact) mass is 124 g/mol. The molecule has 0 rings (SSSR count). The van der Waals surface area contributed by atoms with Crippen molar-refractivity contribution in [2.75, 3.05) is 0 Å². The quantitative estimate of drug-likeness (QED) is 0.371. The fourth-order valence-electron chi connectivity index (χ4n) is 0.401. The van der Waals surface area contributed by atoms with Gasteiger partial charge in [0.1, 0.15) is 0 Å². The van der Waals surface area contributed by atoms with E-state index in [1.807, 2.05) is 0 Å². The highest BCUT2D eigenvalue weighted by Crippen LogP contribution is 1.82. The molecule has 0 atom stereocenters. The summed E-state index contributed by atoms with van der Waals surface area (Å²) in [6.45, 7) is 2.16. The molecule has 0 radical (unpaired) electrons. The Hall–Kier alpha value is 0.0925. The van der Waals surface area contributed by atoms with Gasteiger partial charge in [0.25, 0.3) is 0 Å². The summed E-state index contributed by atoms with van der Waals surface area (Å²) >= 11 is -0.563. The second-order valence-electron chi connectivity index (χ2n) is 2.23. The van der Waals surface area contributed by atoms with Crippen molar-refractivity contribution >= 4 is 14.1 Å². The van der Waals surface area contributed by atoms with Crippen LogP contribution < -0.4 is 0 Å². The molecule has 0 saturated heterocycles. The fraction of sp³-hybridized carbons (Fsp3) is 0.714. The highest BCUT2D eigenvalue weighted by molar-refractivity contribution is 6.64. The molecule has 8 heavy (non-hydrogen) atoms. The molecule has 0 amide bonds. The number of rotatable bonds is 1. The minimum absolute atomic E-state index is 0.563. The van der Waals surface area contributed by atoms with Gasteiger partial charge in [-0.25, -0.2) is 4.78 Å². The van der Waals surface area contributed by atoms with Crippen LogP contribution in [0, 0.1) is 10.7 Å². The molecule has 0 bridgehead atoms. The van der Waals surface area contributed by atoms with Gasteiger partial charge < -0.3 is 0 Å². The minimum atomic E-state index is -0.563. The molecule has 0 N–H and O–H groups in total. The summed E-state index contributed by atoms with van der Waals surface area (Å²) in [5, 5.41) is 0. The predicted molar refractivity (Wildman–Crippen MR) is 40.2 cm³/mol. The van der Waals surface area contributed by atoms with Crippen molar-refractivity contribution in [3.63, 3.8) is 0 Å². The van der Waals surface area contributed by atoms with E-state index in [1.54, 1.807) is 0 Å². The second kappa shape index (κ2) is 5.23. The molecule has 44 valence electrons. The standard InChI is InChI=1S/C5H7.2CH3.Al/c1-3-5-4-2;;;/h3,5H2,1H3;2*1H3;. The first-order valence-electron chi connectivity index (χ1n) is 3.25. The first kappa shape index (κ1) is 8.09. The van der Waals surface area contributed by atoms with Crippen molar-refractivity contribution in [2.45, 2.75) is 31.3 Å². The molecular formula is C7H13Al. The smallest absolute Gasteiger partial charge is 0.205 e. The van der Waals surface area contributed by atoms with E-state index >= 15 is 0 Å². The Balaban J connectivity index is 3.20. The van der Waals surface area contributed by atoms with Crippen LogP contribution in [0.1, 0.15) is 19.8 Å². The summed E-state index contributed by atoms with van der Waals surface area (Å²) in [7, 11) is 0. The van der Waals surface area contributed by atoms with Crippen LogP contribution >= 0.6 is 0 Å². The van der Waals surface area contributed by atoms with Gasteiger partial charge >= 0.3 is 14.1 Å². The van der Waals surface area contributed by atoms with Crippen molar-refractivity contribution in [3.8, 4) is 10.7 Å². The van der Waals surface area contributed by atoms with Crippen LogP contribution in [-0.4, -0.2) is 14.1 Å². The van der Waals surface area contributed by atoms with Crippen molar-refractivity contribution in [2.24, 2.45) is 0 Å². The van der Waals surface area contributed by atoms with Crippen LogP contribution in [-0.2, 0) is 0 Å². The Kier molecular flexibility index (Phi) is 5.29. The van der Waals surface area contributed by atoms with Crippen LogP contribution in [0.2, 0.25) is 11.6 Å². The van der Waals surface area contributed by atoms with Crippen LogP contribution in [0.15, 0.2) is 0 Å². The van der Waals surface area contributed by atoms with E-state index in [4.69, 9.17) is 0 Å². The molecule has 0 aromatic carbocycles. The first-order valence-corrected chi connectivity index (χ1v) is 6.14. The van der Waals surface area contributed by atoms with Gasteiger partial charge in [-0.1, -0.05) is 18.5 Å². The van der Waals surface area contributed by atoms with Gasteiger partial charge in [0.15, 0.2) is 0 Å². The molecule has 0 heterocycles. The van der Waals surface area contributed by atoms with E-state index in [-0.39, 0.29) is 0 Å². The maximum Gasteiger partial charge on any atom is 0.369 e. The van der Waals surface area contributed by atoms with Crippen molar-refractivity contribution in [1.82, 2.24) is 0 Å². The highest BCUT2D eigenvalue weighted by atomic mass is 27.2. The summed E-state index contributed by atoms with van der Waals surface area (Å²) in [4.78, 5) is 3.24. The number of hydrogen-bond acceptors (Lipinski definition) is 0. The van der Waals surface area contributed by atoms with Gasteiger partial charge in [0.2, 0.25) is 0 Å². The van der Waals surface area contributed by atoms with Crippen molar-refractivity contribution < 1.29 is 0 Å². The van der Waals surface area contributed by atoms with Gasteiger partial charge in [-0.05, 0) is 6.42 Å². The van der Waals surface area contributed by atoms with E-state index in [9.17, 15) is 0 Å².